The Bertz CT molecular complexity index is 809. The molecule has 5 heteroatoms. The smallest absolute Gasteiger partial charge is 0.342 e. The first-order chi connectivity index (χ1) is 11.9. The van der Waals surface area contributed by atoms with Gasteiger partial charge in [-0.15, -0.1) is 0 Å². The molecule has 1 heterocycles. The quantitative estimate of drug-likeness (QED) is 0.368. The van der Waals surface area contributed by atoms with Crippen molar-refractivity contribution in [3.63, 3.8) is 0 Å². The van der Waals surface area contributed by atoms with Gasteiger partial charge in [-0.2, -0.15) is 0 Å². The molecule has 0 amide bonds. The molecule has 0 fully saturated rings. The van der Waals surface area contributed by atoms with E-state index in [4.69, 9.17) is 15.2 Å². The zero-order chi connectivity index (χ0) is 18.4. The molecule has 0 saturated heterocycles. The molecule has 2 rings (SSSR count). The van der Waals surface area contributed by atoms with Crippen molar-refractivity contribution in [2.24, 2.45) is 0 Å². The highest BCUT2D eigenvalue weighted by Gasteiger charge is 2.25. The highest BCUT2D eigenvalue weighted by Crippen LogP contribution is 2.32. The summed E-state index contributed by atoms with van der Waals surface area (Å²) >= 11 is 0. The van der Waals surface area contributed by atoms with Gasteiger partial charge in [-0.05, 0) is 37.5 Å². The average Bonchev–Trinajstić information content (AvgIpc) is 2.56. The number of allylic oxidation sites excluding steroid dienone is 3. The number of nitrogen functional groups attached to an aromatic ring is 1. The van der Waals surface area contributed by atoms with Gasteiger partial charge in [0.15, 0.2) is 0 Å². The molecule has 130 valence electrons. The van der Waals surface area contributed by atoms with Gasteiger partial charge >= 0.3 is 5.97 Å². The lowest BCUT2D eigenvalue weighted by atomic mass is 9.96. The summed E-state index contributed by atoms with van der Waals surface area (Å²) in [6.07, 6.45) is 7.13. The first-order valence-electron chi connectivity index (χ1n) is 7.97. The number of carbonyl (C=O) groups is 2. The number of benzene rings is 1. The molecule has 1 aromatic carbocycles. The van der Waals surface area contributed by atoms with E-state index in [0.717, 1.165) is 5.56 Å². The van der Waals surface area contributed by atoms with Crippen molar-refractivity contribution in [1.82, 2.24) is 0 Å². The zero-order valence-electron chi connectivity index (χ0n) is 14.6. The number of esters is 1. The lowest BCUT2D eigenvalue weighted by Crippen LogP contribution is -2.19. The monoisotopic (exact) mass is 339 g/mol. The summed E-state index contributed by atoms with van der Waals surface area (Å²) in [4.78, 5) is 24.9. The van der Waals surface area contributed by atoms with E-state index in [0.29, 0.717) is 23.4 Å². The van der Waals surface area contributed by atoms with Crippen molar-refractivity contribution in [1.29, 1.82) is 0 Å². The van der Waals surface area contributed by atoms with Gasteiger partial charge in [0, 0.05) is 24.1 Å². The minimum absolute atomic E-state index is 0.0840. The van der Waals surface area contributed by atoms with Crippen LogP contribution in [0.5, 0.6) is 5.75 Å². The number of anilines is 1. The number of aryl methyl sites for hydroxylation is 1. The highest BCUT2D eigenvalue weighted by atomic mass is 16.5. The fourth-order valence-electron chi connectivity index (χ4n) is 2.51. The number of Topliss-reactive ketones (excluding diaryl/α,β-unsaturated/α-hetero) is 1. The topological polar surface area (TPSA) is 78.6 Å². The average molecular weight is 339 g/mol. The molecule has 5 nitrogen and oxygen atoms in total. The molecule has 1 aliphatic heterocycles. The van der Waals surface area contributed by atoms with Crippen LogP contribution < -0.4 is 10.5 Å². The molecule has 0 spiro atoms. The maximum absolute atomic E-state index is 12.7. The van der Waals surface area contributed by atoms with E-state index in [1.165, 1.54) is 7.11 Å². The summed E-state index contributed by atoms with van der Waals surface area (Å²) < 4.78 is 10.8. The number of nitrogens with two attached hydrogens (primary N) is 1. The van der Waals surface area contributed by atoms with Gasteiger partial charge in [0.25, 0.3) is 0 Å². The van der Waals surface area contributed by atoms with Gasteiger partial charge in [0.2, 0.25) is 5.78 Å². The second-order valence-electron chi connectivity index (χ2n) is 5.77. The Kier molecular flexibility index (Phi) is 6.02. The fraction of sp³-hybridized carbons (Fsp3) is 0.300. The Balaban J connectivity index is 2.60. The normalized spacial score (nSPS) is 20.4. The second-order valence-corrected chi connectivity index (χ2v) is 5.77. The minimum Gasteiger partial charge on any atom is -0.496 e. The van der Waals surface area contributed by atoms with Crippen LogP contribution in [0.1, 0.15) is 34.8 Å². The molecule has 1 atom stereocenters. The SMILES string of the molecule is COc1cc(C)c(N)c2c1C(=O)O[C@H](C)C/C=C/C=C\C#CC(=O)C2. The Labute approximate surface area is 147 Å². The third-order valence-corrected chi connectivity index (χ3v) is 3.82. The number of fused-ring (bicyclic) bond motifs is 1. The van der Waals surface area contributed by atoms with Crippen molar-refractivity contribution < 1.29 is 19.1 Å². The molecule has 1 aromatic rings. The molecule has 0 aromatic heterocycles. The molecule has 0 unspecified atom stereocenters. The predicted molar refractivity (Wildman–Crippen MR) is 96.4 cm³/mol. The standard InChI is InChI=1S/C20H21NO4/c1-13-11-17(24-3)18-16(19(13)21)12-15(22)10-8-6-4-5-7-9-14(2)25-20(18)23/h4-7,11,14H,9,12,21H2,1-3H3/b6-4-,7-5+/t14-/m1/s1. The lowest BCUT2D eigenvalue weighted by molar-refractivity contribution is -0.113. The summed E-state index contributed by atoms with van der Waals surface area (Å²) in [6.45, 7) is 3.59. The molecular formula is C20H21NO4. The number of carbonyl (C=O) groups excluding carboxylic acids is 2. The summed E-state index contributed by atoms with van der Waals surface area (Å²) in [5.74, 6) is 4.64. The number of methoxy groups -OCH3 is 1. The fourth-order valence-corrected chi connectivity index (χ4v) is 2.51. The van der Waals surface area contributed by atoms with Crippen LogP contribution in [-0.2, 0) is 16.0 Å². The molecule has 0 radical (unpaired) electrons. The molecule has 0 aliphatic carbocycles. The van der Waals surface area contributed by atoms with E-state index in [9.17, 15) is 9.59 Å². The molecule has 0 saturated carbocycles. The molecule has 25 heavy (non-hydrogen) atoms. The van der Waals surface area contributed by atoms with Crippen LogP contribution in [0.15, 0.2) is 30.4 Å². The highest BCUT2D eigenvalue weighted by molar-refractivity contribution is 6.02. The maximum atomic E-state index is 12.7. The summed E-state index contributed by atoms with van der Waals surface area (Å²) in [6, 6.07) is 1.67. The van der Waals surface area contributed by atoms with Crippen LogP contribution in [0.4, 0.5) is 5.69 Å². The van der Waals surface area contributed by atoms with Crippen LogP contribution in [0.25, 0.3) is 0 Å². The lowest BCUT2D eigenvalue weighted by Gasteiger charge is -2.18. The van der Waals surface area contributed by atoms with Crippen molar-refractivity contribution in [2.75, 3.05) is 12.8 Å². The van der Waals surface area contributed by atoms with E-state index >= 15 is 0 Å². The number of ether oxygens (including phenoxy) is 2. The van der Waals surface area contributed by atoms with Gasteiger partial charge < -0.3 is 15.2 Å². The van der Waals surface area contributed by atoms with Crippen molar-refractivity contribution in [3.8, 4) is 17.6 Å². The number of ketones is 1. The maximum Gasteiger partial charge on any atom is 0.342 e. The van der Waals surface area contributed by atoms with Crippen LogP contribution in [0.3, 0.4) is 0 Å². The van der Waals surface area contributed by atoms with Gasteiger partial charge in [-0.3, -0.25) is 4.79 Å². The Hall–Kier alpha value is -3.00. The number of rotatable bonds is 1. The van der Waals surface area contributed by atoms with E-state index in [1.807, 2.05) is 6.08 Å². The van der Waals surface area contributed by atoms with E-state index < -0.39 is 5.97 Å². The first kappa shape index (κ1) is 18.3. The third kappa shape index (κ3) is 4.51. The number of cyclic esters (lactones) is 1. The number of hydrogen-bond acceptors (Lipinski definition) is 5. The summed E-state index contributed by atoms with van der Waals surface area (Å²) in [5.41, 5.74) is 7.81. The summed E-state index contributed by atoms with van der Waals surface area (Å²) in [7, 11) is 1.46. The molecule has 1 aliphatic rings. The first-order valence-corrected chi connectivity index (χ1v) is 7.97. The second kappa shape index (κ2) is 8.20. The van der Waals surface area contributed by atoms with Crippen LogP contribution in [0.2, 0.25) is 0 Å². The third-order valence-electron chi connectivity index (χ3n) is 3.82. The van der Waals surface area contributed by atoms with Crippen LogP contribution >= 0.6 is 0 Å². The van der Waals surface area contributed by atoms with E-state index in [2.05, 4.69) is 11.8 Å². The zero-order valence-corrected chi connectivity index (χ0v) is 14.6. The Morgan fingerprint density at radius 2 is 2.08 bits per heavy atom. The molecule has 2 N–H and O–H groups in total. The van der Waals surface area contributed by atoms with Crippen molar-refractivity contribution in [3.05, 3.63) is 47.1 Å². The molecule has 0 bridgehead atoms. The van der Waals surface area contributed by atoms with E-state index in [-0.39, 0.29) is 23.9 Å². The summed E-state index contributed by atoms with van der Waals surface area (Å²) in [5, 5.41) is 0. The van der Waals surface area contributed by atoms with Crippen LogP contribution in [0, 0.1) is 18.8 Å². The number of hydrogen-bond donors (Lipinski definition) is 1. The van der Waals surface area contributed by atoms with Crippen molar-refractivity contribution in [2.45, 2.75) is 32.8 Å². The molecular weight excluding hydrogens is 318 g/mol. The van der Waals surface area contributed by atoms with Gasteiger partial charge in [0.1, 0.15) is 17.4 Å². The minimum atomic E-state index is -0.562. The van der Waals surface area contributed by atoms with Gasteiger partial charge in [0.05, 0.1) is 7.11 Å². The Morgan fingerprint density at radius 3 is 2.80 bits per heavy atom. The Morgan fingerprint density at radius 1 is 1.32 bits per heavy atom. The van der Waals surface area contributed by atoms with Gasteiger partial charge in [-0.25, -0.2) is 4.79 Å². The van der Waals surface area contributed by atoms with Crippen LogP contribution in [-0.4, -0.2) is 25.0 Å². The van der Waals surface area contributed by atoms with Crippen molar-refractivity contribution >= 4 is 17.4 Å². The van der Waals surface area contributed by atoms with E-state index in [1.54, 1.807) is 38.1 Å². The van der Waals surface area contributed by atoms with Gasteiger partial charge in [-0.1, -0.05) is 24.1 Å². The predicted octanol–water partition coefficient (Wildman–Crippen LogP) is 2.76. The largest absolute Gasteiger partial charge is 0.496 e.